The summed E-state index contributed by atoms with van der Waals surface area (Å²) in [6, 6.07) is 0. The fourth-order valence-corrected chi connectivity index (χ4v) is 0. The van der Waals surface area contributed by atoms with Gasteiger partial charge in [-0.2, -0.15) is 0 Å². The maximum Gasteiger partial charge on any atom is 0.122 e. The SMILES string of the molecule is CC(C)C=O.CCC. The van der Waals surface area contributed by atoms with E-state index in [-0.39, 0.29) is 5.92 Å². The molecule has 0 bridgehead atoms. The summed E-state index contributed by atoms with van der Waals surface area (Å²) in [5, 5.41) is 0. The molecule has 0 radical (unpaired) electrons. The molecule has 0 saturated heterocycles. The van der Waals surface area contributed by atoms with E-state index in [0.29, 0.717) is 0 Å². The van der Waals surface area contributed by atoms with Crippen LogP contribution in [-0.2, 0) is 4.79 Å². The Morgan fingerprint density at radius 2 is 1.50 bits per heavy atom. The lowest BCUT2D eigenvalue weighted by molar-refractivity contribution is -0.110. The molecule has 0 atom stereocenters. The van der Waals surface area contributed by atoms with Gasteiger partial charge in [0.15, 0.2) is 0 Å². The summed E-state index contributed by atoms with van der Waals surface area (Å²) in [4.78, 5) is 9.50. The van der Waals surface area contributed by atoms with Crippen LogP contribution in [0.25, 0.3) is 0 Å². The van der Waals surface area contributed by atoms with Crippen molar-refractivity contribution in [1.82, 2.24) is 0 Å². The largest absolute Gasteiger partial charge is 0.303 e. The Hall–Kier alpha value is -0.330. The van der Waals surface area contributed by atoms with Crippen molar-refractivity contribution in [2.75, 3.05) is 0 Å². The zero-order valence-electron chi connectivity index (χ0n) is 6.27. The number of hydrogen-bond donors (Lipinski definition) is 0. The van der Waals surface area contributed by atoms with Crippen LogP contribution in [-0.4, -0.2) is 6.29 Å². The Morgan fingerprint density at radius 3 is 1.50 bits per heavy atom. The highest BCUT2D eigenvalue weighted by Crippen LogP contribution is 1.78. The second-order valence-corrected chi connectivity index (χ2v) is 2.09. The summed E-state index contributed by atoms with van der Waals surface area (Å²) in [6.45, 7) is 7.96. The Kier molecular flexibility index (Phi) is 13.0. The molecule has 0 aromatic rings. The van der Waals surface area contributed by atoms with E-state index in [9.17, 15) is 4.79 Å². The van der Waals surface area contributed by atoms with Crippen LogP contribution in [0.2, 0.25) is 0 Å². The lowest BCUT2D eigenvalue weighted by Crippen LogP contribution is -1.82. The number of rotatable bonds is 1. The van der Waals surface area contributed by atoms with Gasteiger partial charge < -0.3 is 4.79 Å². The first kappa shape index (κ1) is 10.6. The van der Waals surface area contributed by atoms with Crippen molar-refractivity contribution in [1.29, 1.82) is 0 Å². The molecule has 0 heterocycles. The summed E-state index contributed by atoms with van der Waals surface area (Å²) >= 11 is 0. The van der Waals surface area contributed by atoms with Crippen LogP contribution in [0.1, 0.15) is 34.1 Å². The highest BCUT2D eigenvalue weighted by molar-refractivity contribution is 5.51. The smallest absolute Gasteiger partial charge is 0.122 e. The van der Waals surface area contributed by atoms with Crippen molar-refractivity contribution in [2.45, 2.75) is 34.1 Å². The highest BCUT2D eigenvalue weighted by atomic mass is 16.1. The molecule has 0 unspecified atom stereocenters. The van der Waals surface area contributed by atoms with Gasteiger partial charge in [-0.3, -0.25) is 0 Å². The molecular weight excluding hydrogens is 100 g/mol. The van der Waals surface area contributed by atoms with E-state index in [2.05, 4.69) is 13.8 Å². The monoisotopic (exact) mass is 116 g/mol. The van der Waals surface area contributed by atoms with Crippen LogP contribution in [0, 0.1) is 5.92 Å². The third kappa shape index (κ3) is 44.3. The molecular formula is C7H16O. The first-order valence-electron chi connectivity index (χ1n) is 3.14. The Labute approximate surface area is 52.1 Å². The molecule has 0 saturated carbocycles. The van der Waals surface area contributed by atoms with Crippen molar-refractivity contribution < 1.29 is 4.79 Å². The zero-order chi connectivity index (χ0) is 6.99. The van der Waals surface area contributed by atoms with Gasteiger partial charge in [-0.05, 0) is 0 Å². The van der Waals surface area contributed by atoms with Gasteiger partial charge in [0, 0.05) is 5.92 Å². The number of carbonyl (C=O) groups excluding carboxylic acids is 1. The third-order valence-corrected chi connectivity index (χ3v) is 0.272. The van der Waals surface area contributed by atoms with E-state index in [1.54, 1.807) is 0 Å². The minimum absolute atomic E-state index is 0.204. The average Bonchev–Trinajstić information content (AvgIpc) is 1.69. The quantitative estimate of drug-likeness (QED) is 0.480. The van der Waals surface area contributed by atoms with Crippen LogP contribution in [0.5, 0.6) is 0 Å². The lowest BCUT2D eigenvalue weighted by atomic mass is 10.3. The fourth-order valence-electron chi connectivity index (χ4n) is 0. The predicted octanol–water partition coefficient (Wildman–Crippen LogP) is 2.26. The van der Waals surface area contributed by atoms with Crippen molar-refractivity contribution in [2.24, 2.45) is 5.92 Å². The van der Waals surface area contributed by atoms with Crippen molar-refractivity contribution in [3.8, 4) is 0 Å². The maximum atomic E-state index is 9.50. The predicted molar refractivity (Wildman–Crippen MR) is 36.9 cm³/mol. The Balaban J connectivity index is 0. The van der Waals surface area contributed by atoms with Gasteiger partial charge in [0.2, 0.25) is 0 Å². The van der Waals surface area contributed by atoms with Crippen LogP contribution in [0.4, 0.5) is 0 Å². The molecule has 0 aromatic carbocycles. The minimum atomic E-state index is 0.204. The molecule has 0 aliphatic heterocycles. The lowest BCUT2D eigenvalue weighted by Gasteiger charge is -1.78. The fraction of sp³-hybridized carbons (Fsp3) is 0.857. The summed E-state index contributed by atoms with van der Waals surface area (Å²) in [5.74, 6) is 0.204. The Morgan fingerprint density at radius 1 is 1.38 bits per heavy atom. The topological polar surface area (TPSA) is 17.1 Å². The van der Waals surface area contributed by atoms with Crippen LogP contribution in [0.3, 0.4) is 0 Å². The van der Waals surface area contributed by atoms with E-state index in [0.717, 1.165) is 6.29 Å². The third-order valence-electron chi connectivity index (χ3n) is 0.272. The number of carbonyl (C=O) groups is 1. The number of aldehydes is 1. The number of hydrogen-bond acceptors (Lipinski definition) is 1. The normalized spacial score (nSPS) is 7.62. The summed E-state index contributed by atoms with van der Waals surface area (Å²) in [5.41, 5.74) is 0. The molecule has 0 rings (SSSR count). The standard InChI is InChI=1S/C4H8O.C3H8/c1-4(2)3-5;1-3-2/h3-4H,1-2H3;3H2,1-2H3. The van der Waals surface area contributed by atoms with Gasteiger partial charge in [0.25, 0.3) is 0 Å². The first-order valence-corrected chi connectivity index (χ1v) is 3.14. The van der Waals surface area contributed by atoms with Gasteiger partial charge in [0.1, 0.15) is 6.29 Å². The Bertz CT molecular complexity index is 39.7. The summed E-state index contributed by atoms with van der Waals surface area (Å²) in [6.07, 6.45) is 2.17. The van der Waals surface area contributed by atoms with Gasteiger partial charge in [-0.25, -0.2) is 0 Å². The molecule has 1 heteroatoms. The van der Waals surface area contributed by atoms with E-state index in [1.807, 2.05) is 13.8 Å². The van der Waals surface area contributed by atoms with E-state index in [4.69, 9.17) is 0 Å². The molecule has 0 spiro atoms. The van der Waals surface area contributed by atoms with Crippen molar-refractivity contribution >= 4 is 6.29 Å². The highest BCUT2D eigenvalue weighted by Gasteiger charge is 1.79. The maximum absolute atomic E-state index is 9.50. The van der Waals surface area contributed by atoms with Crippen LogP contribution < -0.4 is 0 Å². The molecule has 0 fully saturated rings. The summed E-state index contributed by atoms with van der Waals surface area (Å²) < 4.78 is 0. The summed E-state index contributed by atoms with van der Waals surface area (Å²) in [7, 11) is 0. The molecule has 50 valence electrons. The van der Waals surface area contributed by atoms with Crippen LogP contribution >= 0.6 is 0 Å². The molecule has 0 aliphatic carbocycles. The van der Waals surface area contributed by atoms with Crippen molar-refractivity contribution in [3.05, 3.63) is 0 Å². The van der Waals surface area contributed by atoms with Gasteiger partial charge >= 0.3 is 0 Å². The average molecular weight is 116 g/mol. The van der Waals surface area contributed by atoms with E-state index < -0.39 is 0 Å². The van der Waals surface area contributed by atoms with E-state index in [1.165, 1.54) is 6.42 Å². The molecule has 0 amide bonds. The second-order valence-electron chi connectivity index (χ2n) is 2.09. The minimum Gasteiger partial charge on any atom is -0.303 e. The molecule has 1 nitrogen and oxygen atoms in total. The van der Waals surface area contributed by atoms with Crippen LogP contribution in [0.15, 0.2) is 0 Å². The zero-order valence-corrected chi connectivity index (χ0v) is 6.27. The van der Waals surface area contributed by atoms with Crippen molar-refractivity contribution in [3.63, 3.8) is 0 Å². The van der Waals surface area contributed by atoms with Gasteiger partial charge in [0.05, 0.1) is 0 Å². The second kappa shape index (κ2) is 9.83. The van der Waals surface area contributed by atoms with Gasteiger partial charge in [-0.1, -0.05) is 34.1 Å². The molecule has 0 aliphatic rings. The molecule has 0 N–H and O–H groups in total. The van der Waals surface area contributed by atoms with E-state index >= 15 is 0 Å². The van der Waals surface area contributed by atoms with Gasteiger partial charge in [-0.15, -0.1) is 0 Å². The molecule has 0 aromatic heterocycles. The first-order chi connectivity index (χ1) is 3.68. The molecule has 8 heavy (non-hydrogen) atoms.